The van der Waals surface area contributed by atoms with Gasteiger partial charge >= 0.3 is 20.0 Å². The van der Waals surface area contributed by atoms with E-state index in [1.54, 1.807) is 38.1 Å². The second-order valence-electron chi connectivity index (χ2n) is 11.6. The third-order valence-electron chi connectivity index (χ3n) is 7.29. The van der Waals surface area contributed by atoms with Gasteiger partial charge in [-0.2, -0.15) is 18.2 Å². The summed E-state index contributed by atoms with van der Waals surface area (Å²) in [5.74, 6) is -2.05. The lowest BCUT2D eigenvalue weighted by Gasteiger charge is -2.16. The van der Waals surface area contributed by atoms with Crippen molar-refractivity contribution in [2.45, 2.75) is 58.7 Å². The Kier molecular flexibility index (Phi) is 20.8. The van der Waals surface area contributed by atoms with Crippen LogP contribution >= 0.6 is 7.82 Å². The van der Waals surface area contributed by atoms with Crippen molar-refractivity contribution in [3.05, 3.63) is 81.4 Å². The molecule has 0 fully saturated rings. The number of phosphoric ester groups is 1. The van der Waals surface area contributed by atoms with Crippen molar-refractivity contribution in [2.75, 3.05) is 49.9 Å². The molecule has 322 valence electrons. The minimum atomic E-state index is -4.68. The van der Waals surface area contributed by atoms with Crippen LogP contribution in [0, 0.1) is 0 Å². The smallest absolute Gasteiger partial charge is 0.462 e. The van der Waals surface area contributed by atoms with Gasteiger partial charge in [-0.1, -0.05) is 0 Å². The maximum atomic E-state index is 13.1. The lowest BCUT2D eigenvalue weighted by molar-refractivity contribution is -0.137. The number of ether oxygens (including phenoxy) is 1. The predicted molar refractivity (Wildman–Crippen MR) is 209 cm³/mol. The number of H-pyrrole nitrogens is 1. The minimum Gasteiger partial charge on any atom is -0.462 e. The molecule has 0 unspecified atom stereocenters. The SMILES string of the molecule is CCOP(=O)(OCC)OCCCCOC(=O)c1ccc(C(F)(F)F)cc1NC(=O)CCCC=O.CO.NC(=O)c1ccc(NCc2cnc3nc(N)[nH]c(=O)c3n2)cc1. The van der Waals surface area contributed by atoms with Crippen LogP contribution in [0.15, 0.2) is 53.5 Å². The normalized spacial score (nSPS) is 11.0. The van der Waals surface area contributed by atoms with Gasteiger partial charge in [-0.15, -0.1) is 0 Å². The molecular formula is C36H46F3N8O11P. The second kappa shape index (κ2) is 24.9. The number of carbonyl (C=O) groups is 4. The van der Waals surface area contributed by atoms with Gasteiger partial charge in [0.1, 0.15) is 6.29 Å². The molecular weight excluding hydrogens is 808 g/mol. The van der Waals surface area contributed by atoms with Crippen molar-refractivity contribution in [2.24, 2.45) is 5.73 Å². The maximum Gasteiger partial charge on any atom is 0.474 e. The number of aliphatic hydroxyl groups excluding tert-OH is 1. The number of nitrogen functional groups attached to an aromatic ring is 1. The Bertz CT molecular complexity index is 2100. The van der Waals surface area contributed by atoms with Crippen LogP contribution in [-0.2, 0) is 45.2 Å². The van der Waals surface area contributed by atoms with Crippen LogP contribution < -0.4 is 27.7 Å². The molecule has 2 aromatic carbocycles. The number of aliphatic hydroxyl groups is 1. The molecule has 0 aliphatic rings. The number of nitrogens with zero attached hydrogens (tertiary/aromatic N) is 3. The molecule has 0 saturated carbocycles. The summed E-state index contributed by atoms with van der Waals surface area (Å²) in [7, 11) is -2.64. The van der Waals surface area contributed by atoms with Gasteiger partial charge in [0.05, 0.1) is 61.7 Å². The van der Waals surface area contributed by atoms with Crippen LogP contribution in [-0.4, -0.2) is 82.6 Å². The molecule has 4 rings (SSSR count). The number of unbranched alkanes of at least 4 members (excludes halogenated alkanes) is 2. The number of fused-ring (bicyclic) bond motifs is 1. The number of alkyl halides is 3. The van der Waals surface area contributed by atoms with E-state index in [4.69, 9.17) is 34.9 Å². The summed E-state index contributed by atoms with van der Waals surface area (Å²) >= 11 is 0. The molecule has 8 N–H and O–H groups in total. The van der Waals surface area contributed by atoms with Crippen molar-refractivity contribution < 1.29 is 60.3 Å². The third kappa shape index (κ3) is 16.9. The number of halogens is 3. The largest absolute Gasteiger partial charge is 0.474 e. The van der Waals surface area contributed by atoms with Gasteiger partial charge in [0, 0.05) is 31.2 Å². The van der Waals surface area contributed by atoms with Crippen molar-refractivity contribution in [1.29, 1.82) is 0 Å². The van der Waals surface area contributed by atoms with E-state index >= 15 is 0 Å². The van der Waals surface area contributed by atoms with E-state index in [1.807, 2.05) is 0 Å². The van der Waals surface area contributed by atoms with Gasteiger partial charge in [-0.25, -0.2) is 19.3 Å². The molecule has 0 saturated heterocycles. The summed E-state index contributed by atoms with van der Waals surface area (Å²) in [6.45, 7) is 3.81. The third-order valence-corrected chi connectivity index (χ3v) is 8.94. The van der Waals surface area contributed by atoms with Crippen LogP contribution in [0.5, 0.6) is 0 Å². The lowest BCUT2D eigenvalue weighted by Crippen LogP contribution is -2.17. The molecule has 2 aromatic heterocycles. The predicted octanol–water partition coefficient (Wildman–Crippen LogP) is 4.76. The number of phosphoric acid groups is 1. The van der Waals surface area contributed by atoms with E-state index in [0.29, 0.717) is 49.1 Å². The summed E-state index contributed by atoms with van der Waals surface area (Å²) in [5.41, 5.74) is 10.7. The molecule has 0 aliphatic carbocycles. The van der Waals surface area contributed by atoms with Crippen LogP contribution in [0.1, 0.15) is 77.9 Å². The van der Waals surface area contributed by atoms with Gasteiger partial charge < -0.3 is 36.7 Å². The number of hydrogen-bond donors (Lipinski definition) is 6. The summed E-state index contributed by atoms with van der Waals surface area (Å²) < 4.78 is 71.6. The topological polar surface area (TPSA) is 290 Å². The first kappa shape index (κ1) is 49.3. The highest BCUT2D eigenvalue weighted by Gasteiger charge is 2.32. The number of benzene rings is 2. The highest BCUT2D eigenvalue weighted by atomic mass is 31.2. The molecule has 2 amide bonds. The number of nitrogens with one attached hydrogen (secondary N) is 3. The number of amides is 2. The fourth-order valence-electron chi connectivity index (χ4n) is 4.61. The number of nitrogens with two attached hydrogens (primary N) is 2. The molecule has 2 heterocycles. The van der Waals surface area contributed by atoms with Crippen molar-refractivity contribution in [3.8, 4) is 0 Å². The fourth-order valence-corrected chi connectivity index (χ4v) is 5.82. The molecule has 23 heteroatoms. The first-order valence-corrected chi connectivity index (χ1v) is 19.3. The zero-order valence-corrected chi connectivity index (χ0v) is 33.3. The number of hydrogen-bond acceptors (Lipinski definition) is 16. The summed E-state index contributed by atoms with van der Waals surface area (Å²) in [4.78, 5) is 72.2. The molecule has 0 bridgehead atoms. The van der Waals surface area contributed by atoms with Gasteiger partial charge in [0.25, 0.3) is 5.56 Å². The van der Waals surface area contributed by atoms with Gasteiger partial charge in [-0.3, -0.25) is 32.9 Å². The summed E-state index contributed by atoms with van der Waals surface area (Å²) in [6, 6.07) is 8.98. The number of esters is 1. The average Bonchev–Trinajstić information content (AvgIpc) is 3.19. The maximum absolute atomic E-state index is 13.1. The van der Waals surface area contributed by atoms with E-state index in [-0.39, 0.29) is 74.1 Å². The zero-order chi connectivity index (χ0) is 44.0. The Balaban J connectivity index is 0.000000414. The molecule has 19 nitrogen and oxygen atoms in total. The Morgan fingerprint density at radius 2 is 1.63 bits per heavy atom. The lowest BCUT2D eigenvalue weighted by atomic mass is 10.1. The Hall–Kier alpha value is -5.80. The van der Waals surface area contributed by atoms with E-state index in [2.05, 4.69) is 30.6 Å². The quantitative estimate of drug-likeness (QED) is 0.0302. The Morgan fingerprint density at radius 1 is 0.966 bits per heavy atom. The van der Waals surface area contributed by atoms with Crippen LogP contribution in [0.25, 0.3) is 11.2 Å². The highest BCUT2D eigenvalue weighted by molar-refractivity contribution is 7.48. The van der Waals surface area contributed by atoms with Gasteiger partial charge in [0.2, 0.25) is 17.8 Å². The molecule has 59 heavy (non-hydrogen) atoms. The molecule has 0 spiro atoms. The van der Waals surface area contributed by atoms with E-state index < -0.39 is 42.9 Å². The molecule has 4 aromatic rings. The first-order valence-electron chi connectivity index (χ1n) is 17.8. The van der Waals surface area contributed by atoms with Crippen LogP contribution in [0.3, 0.4) is 0 Å². The zero-order valence-electron chi connectivity index (χ0n) is 32.4. The Labute approximate surface area is 336 Å². The highest BCUT2D eigenvalue weighted by Crippen LogP contribution is 2.49. The monoisotopic (exact) mass is 854 g/mol. The standard InChI is InChI=1S/C21H29F3NO8P.C14H13N7O2.CH4O/c1-3-31-34(29,32-4-2)33-14-8-7-13-30-20(28)17-11-10-16(21(22,23)24)15-18(17)25-19(27)9-5-6-12-26;15-11(22)7-1-3-8(4-2-7)17-5-9-6-18-12-10(19-9)13(23)21-14(16)20-12;1-2/h10-12,15H,3-9,13-14H2,1-2H3,(H,25,27);1-4,6,17H,5H2,(H2,15,22)(H3,16,18,20,21,23);2H,1H3. The van der Waals surface area contributed by atoms with E-state index in [9.17, 15) is 41.7 Å². The minimum absolute atomic E-state index is 0.00258. The number of anilines is 3. The molecule has 0 radical (unpaired) electrons. The van der Waals surface area contributed by atoms with Gasteiger partial charge in [0.15, 0.2) is 11.2 Å². The number of aldehydes is 1. The summed E-state index contributed by atoms with van der Waals surface area (Å²) in [5, 5.41) is 12.4. The number of aromatic amines is 1. The van der Waals surface area contributed by atoms with Crippen molar-refractivity contribution in [1.82, 2.24) is 19.9 Å². The first-order chi connectivity index (χ1) is 28.1. The second-order valence-corrected chi connectivity index (χ2v) is 13.3. The van der Waals surface area contributed by atoms with Crippen molar-refractivity contribution >= 4 is 60.4 Å². The van der Waals surface area contributed by atoms with E-state index in [0.717, 1.165) is 18.9 Å². The van der Waals surface area contributed by atoms with Gasteiger partial charge in [-0.05, 0) is 75.6 Å². The summed E-state index contributed by atoms with van der Waals surface area (Å²) in [6.07, 6.45) is -1.66. The molecule has 0 atom stereocenters. The number of rotatable bonds is 20. The molecule has 0 aliphatic heterocycles. The van der Waals surface area contributed by atoms with Crippen LogP contribution in [0.2, 0.25) is 0 Å². The Morgan fingerprint density at radius 3 is 2.24 bits per heavy atom. The number of aromatic nitrogens is 4. The number of primary amides is 1. The average molecular weight is 855 g/mol. The number of carbonyl (C=O) groups excluding carboxylic acids is 4. The van der Waals surface area contributed by atoms with Crippen LogP contribution in [0.4, 0.5) is 30.5 Å². The van der Waals surface area contributed by atoms with Crippen molar-refractivity contribution in [3.63, 3.8) is 0 Å². The van der Waals surface area contributed by atoms with E-state index in [1.165, 1.54) is 6.20 Å². The fraction of sp³-hybridized carbons (Fsp3) is 0.389.